The van der Waals surface area contributed by atoms with Crippen LogP contribution in [-0.4, -0.2) is 19.3 Å². The van der Waals surface area contributed by atoms with E-state index in [9.17, 15) is 17.6 Å². The van der Waals surface area contributed by atoms with Gasteiger partial charge in [0.25, 0.3) is 0 Å². The van der Waals surface area contributed by atoms with Crippen molar-refractivity contribution in [3.8, 4) is 11.1 Å². The Kier molecular flexibility index (Phi) is 7.76. The average Bonchev–Trinajstić information content (AvgIpc) is 2.89. The number of allylic oxidation sites excluding steroid dienone is 1. The zero-order chi connectivity index (χ0) is 24.8. The van der Waals surface area contributed by atoms with Crippen LogP contribution in [0.1, 0.15) is 44.2 Å². The Balaban J connectivity index is 1.30. The largest absolute Gasteiger partial charge is 0.349 e. The number of hydrogen-bond acceptors (Lipinski definition) is 4. The Morgan fingerprint density at radius 2 is 1.69 bits per heavy atom. The molecule has 2 aromatic carbocycles. The number of aromatic nitrogens is 1. The smallest absolute Gasteiger partial charge is 0.223 e. The monoisotopic (exact) mass is 492 g/mol. The predicted molar refractivity (Wildman–Crippen MR) is 134 cm³/mol. The molecule has 1 fully saturated rings. The minimum atomic E-state index is -3.54. The van der Waals surface area contributed by atoms with Crippen molar-refractivity contribution in [1.29, 1.82) is 0 Å². The fraction of sp³-hybridized carbons (Fsp3) is 0.286. The van der Waals surface area contributed by atoms with E-state index in [0.29, 0.717) is 12.8 Å². The maximum absolute atomic E-state index is 13.1. The van der Waals surface area contributed by atoms with E-state index in [4.69, 9.17) is 0 Å². The fourth-order valence-electron chi connectivity index (χ4n) is 4.40. The van der Waals surface area contributed by atoms with Crippen LogP contribution in [0.4, 0.5) is 4.39 Å². The normalized spacial score (nSPS) is 19.4. The molecule has 1 heterocycles. The third-order valence-electron chi connectivity index (χ3n) is 6.58. The van der Waals surface area contributed by atoms with Gasteiger partial charge in [0.2, 0.25) is 5.91 Å². The molecule has 1 aliphatic carbocycles. The summed E-state index contributed by atoms with van der Waals surface area (Å²) in [6.07, 6.45) is 8.13. The lowest BCUT2D eigenvalue weighted by atomic mass is 9.81. The summed E-state index contributed by atoms with van der Waals surface area (Å²) >= 11 is 0. The van der Waals surface area contributed by atoms with E-state index in [-0.39, 0.29) is 34.5 Å². The van der Waals surface area contributed by atoms with Gasteiger partial charge in [0.05, 0.1) is 10.9 Å². The fourth-order valence-corrected chi connectivity index (χ4v) is 5.51. The number of hydrogen-bond donors (Lipinski definition) is 1. The Bertz CT molecular complexity index is 1270. The average molecular weight is 493 g/mol. The maximum Gasteiger partial charge on any atom is 0.223 e. The zero-order valence-corrected chi connectivity index (χ0v) is 20.4. The Morgan fingerprint density at radius 1 is 1.00 bits per heavy atom. The van der Waals surface area contributed by atoms with Crippen molar-refractivity contribution >= 4 is 15.7 Å². The molecule has 5 nitrogen and oxygen atoms in total. The van der Waals surface area contributed by atoms with Gasteiger partial charge in [0.15, 0.2) is 9.84 Å². The first-order chi connectivity index (χ1) is 16.8. The van der Waals surface area contributed by atoms with E-state index in [1.165, 1.54) is 17.5 Å². The van der Waals surface area contributed by atoms with Gasteiger partial charge in [-0.2, -0.15) is 0 Å². The van der Waals surface area contributed by atoms with E-state index in [2.05, 4.69) is 10.3 Å². The second-order valence-corrected chi connectivity index (χ2v) is 10.9. The van der Waals surface area contributed by atoms with Crippen molar-refractivity contribution in [1.82, 2.24) is 10.3 Å². The Labute approximate surface area is 206 Å². The molecule has 182 valence electrons. The highest BCUT2D eigenvalue weighted by Crippen LogP contribution is 2.31. The van der Waals surface area contributed by atoms with Crippen LogP contribution in [0, 0.1) is 17.7 Å². The first kappa shape index (κ1) is 24.8. The summed E-state index contributed by atoms with van der Waals surface area (Å²) in [5.41, 5.74) is 2.70. The molecule has 1 saturated carbocycles. The number of carbonyl (C=O) groups is 1. The van der Waals surface area contributed by atoms with Crippen LogP contribution in [0.5, 0.6) is 0 Å². The second-order valence-electron chi connectivity index (χ2n) is 9.03. The minimum absolute atomic E-state index is 0.00872. The lowest BCUT2D eigenvalue weighted by Crippen LogP contribution is -2.34. The molecule has 0 aliphatic heterocycles. The molecule has 7 heteroatoms. The Morgan fingerprint density at radius 3 is 2.31 bits per heavy atom. The molecular formula is C28H29FN2O3S. The summed E-state index contributed by atoms with van der Waals surface area (Å²) in [4.78, 5) is 17.0. The van der Waals surface area contributed by atoms with Crippen LogP contribution >= 0.6 is 0 Å². The molecular weight excluding hydrogens is 463 g/mol. The van der Waals surface area contributed by atoms with Gasteiger partial charge < -0.3 is 5.32 Å². The van der Waals surface area contributed by atoms with Crippen LogP contribution in [0.2, 0.25) is 0 Å². The maximum atomic E-state index is 13.1. The predicted octanol–water partition coefficient (Wildman–Crippen LogP) is 5.86. The van der Waals surface area contributed by atoms with Crippen LogP contribution in [0.3, 0.4) is 0 Å². The molecule has 0 unspecified atom stereocenters. The van der Waals surface area contributed by atoms with Crippen molar-refractivity contribution in [3.63, 3.8) is 0 Å². The summed E-state index contributed by atoms with van der Waals surface area (Å²) < 4.78 is 38.7. The summed E-state index contributed by atoms with van der Waals surface area (Å²) in [5.74, 6) is -0.287. The van der Waals surface area contributed by atoms with E-state index >= 15 is 0 Å². The van der Waals surface area contributed by atoms with Gasteiger partial charge in [-0.3, -0.25) is 9.78 Å². The van der Waals surface area contributed by atoms with E-state index in [1.807, 2.05) is 19.1 Å². The highest BCUT2D eigenvalue weighted by molar-refractivity contribution is 7.94. The molecule has 35 heavy (non-hydrogen) atoms. The standard InChI is InChI=1S/C28H29FN2O3S/c1-20(22-8-12-26(29)13-9-22)31-28(32)24-6-4-21(5-7-24)16-18-35(33,34)27-14-10-23(11-15-27)25-3-2-17-30-19-25/h2-3,8-21,24H,4-7H2,1H3,(H,31,32)/t20-,21?,24?/m1/s1. The van der Waals surface area contributed by atoms with Gasteiger partial charge >= 0.3 is 0 Å². The van der Waals surface area contributed by atoms with Gasteiger partial charge in [0.1, 0.15) is 5.82 Å². The van der Waals surface area contributed by atoms with Crippen LogP contribution in [0.15, 0.2) is 89.4 Å². The number of carbonyl (C=O) groups excluding carboxylic acids is 1. The van der Waals surface area contributed by atoms with Gasteiger partial charge in [-0.25, -0.2) is 12.8 Å². The van der Waals surface area contributed by atoms with Gasteiger partial charge in [-0.15, -0.1) is 0 Å². The molecule has 0 saturated heterocycles. The number of nitrogens with one attached hydrogen (secondary N) is 1. The van der Waals surface area contributed by atoms with Crippen LogP contribution in [-0.2, 0) is 14.6 Å². The van der Waals surface area contributed by atoms with Crippen LogP contribution < -0.4 is 5.32 Å². The quantitative estimate of drug-likeness (QED) is 0.448. The number of sulfone groups is 1. The van der Waals surface area contributed by atoms with Crippen molar-refractivity contribution in [3.05, 3.63) is 95.9 Å². The minimum Gasteiger partial charge on any atom is -0.349 e. The summed E-state index contributed by atoms with van der Waals surface area (Å²) in [6, 6.07) is 16.5. The highest BCUT2D eigenvalue weighted by Gasteiger charge is 2.26. The van der Waals surface area contributed by atoms with Gasteiger partial charge in [-0.05, 0) is 85.5 Å². The molecule has 1 atom stereocenters. The third-order valence-corrected chi connectivity index (χ3v) is 8.02. The number of amides is 1. The summed E-state index contributed by atoms with van der Waals surface area (Å²) in [7, 11) is -3.54. The molecule has 0 spiro atoms. The Hall–Kier alpha value is -3.32. The zero-order valence-electron chi connectivity index (χ0n) is 19.6. The van der Waals surface area contributed by atoms with Crippen molar-refractivity contribution < 1.29 is 17.6 Å². The highest BCUT2D eigenvalue weighted by atomic mass is 32.2. The van der Waals surface area contributed by atoms with Gasteiger partial charge in [-0.1, -0.05) is 36.4 Å². The van der Waals surface area contributed by atoms with E-state index in [0.717, 1.165) is 29.5 Å². The van der Waals surface area contributed by atoms with Crippen LogP contribution in [0.25, 0.3) is 11.1 Å². The first-order valence-corrected chi connectivity index (χ1v) is 13.4. The van der Waals surface area contributed by atoms with E-state index < -0.39 is 9.84 Å². The molecule has 1 aliphatic rings. The molecule has 1 N–H and O–H groups in total. The number of benzene rings is 2. The number of rotatable bonds is 7. The van der Waals surface area contributed by atoms with Gasteiger partial charge in [0, 0.05) is 23.7 Å². The third kappa shape index (κ3) is 6.42. The summed E-state index contributed by atoms with van der Waals surface area (Å²) in [5, 5.41) is 4.31. The molecule has 0 bridgehead atoms. The number of halogens is 1. The van der Waals surface area contributed by atoms with Crippen molar-refractivity contribution in [2.45, 2.75) is 43.5 Å². The first-order valence-electron chi connectivity index (χ1n) is 11.8. The SMILES string of the molecule is C[C@@H](NC(=O)C1CCC(C=CS(=O)(=O)c2ccc(-c3cccnc3)cc2)CC1)c1ccc(F)cc1. The topological polar surface area (TPSA) is 76.1 Å². The number of nitrogens with zero attached hydrogens (tertiary/aromatic N) is 1. The lowest BCUT2D eigenvalue weighted by Gasteiger charge is -2.27. The lowest BCUT2D eigenvalue weighted by molar-refractivity contribution is -0.126. The van der Waals surface area contributed by atoms with Crippen molar-refractivity contribution in [2.75, 3.05) is 0 Å². The molecule has 3 aromatic rings. The number of pyridine rings is 1. The molecule has 1 aromatic heterocycles. The van der Waals surface area contributed by atoms with Crippen molar-refractivity contribution in [2.24, 2.45) is 11.8 Å². The van der Waals surface area contributed by atoms with E-state index in [1.54, 1.807) is 54.9 Å². The molecule has 1 amide bonds. The molecule has 4 rings (SSSR count). The summed E-state index contributed by atoms with van der Waals surface area (Å²) in [6.45, 7) is 1.88. The second kappa shape index (κ2) is 11.0. The molecule has 0 radical (unpaired) electrons.